The van der Waals surface area contributed by atoms with Gasteiger partial charge in [-0.15, -0.1) is 0 Å². The standard InChI is InChI=1S/C15H14BN2O3/c1-16-15(21)18-9-11-6-7-13(14(19)20)17(11)8-10-4-2-3-5-12(10)18/h2-7H,8-9H2,1H3,(H,19,20). The Hall–Kier alpha value is -2.50. The monoisotopic (exact) mass is 281 g/mol. The highest BCUT2D eigenvalue weighted by Gasteiger charge is 2.25. The lowest BCUT2D eigenvalue weighted by Gasteiger charge is -2.22. The van der Waals surface area contributed by atoms with E-state index in [-0.39, 0.29) is 11.5 Å². The number of nitrogens with zero attached hydrogens (tertiary/aromatic N) is 2. The van der Waals surface area contributed by atoms with Gasteiger partial charge in [-0.25, -0.2) is 4.79 Å². The van der Waals surface area contributed by atoms with Crippen LogP contribution in [0.1, 0.15) is 21.7 Å². The molecule has 6 heteroatoms. The molecule has 0 atom stereocenters. The molecule has 0 bridgehead atoms. The van der Waals surface area contributed by atoms with Crippen LogP contribution in [0.5, 0.6) is 0 Å². The average molecular weight is 281 g/mol. The quantitative estimate of drug-likeness (QED) is 0.860. The second kappa shape index (κ2) is 5.12. The Balaban J connectivity index is 2.15. The van der Waals surface area contributed by atoms with Crippen molar-refractivity contribution in [2.24, 2.45) is 0 Å². The maximum atomic E-state index is 12.2. The van der Waals surface area contributed by atoms with Gasteiger partial charge in [-0.05, 0) is 23.8 Å². The van der Waals surface area contributed by atoms with E-state index in [0.29, 0.717) is 13.1 Å². The summed E-state index contributed by atoms with van der Waals surface area (Å²) in [5.41, 5.74) is 2.83. The van der Waals surface area contributed by atoms with Gasteiger partial charge < -0.3 is 14.6 Å². The van der Waals surface area contributed by atoms with Gasteiger partial charge in [0.25, 0.3) is 0 Å². The minimum Gasteiger partial charge on any atom is -0.477 e. The number of carbonyl (C=O) groups excluding carboxylic acids is 1. The summed E-state index contributed by atoms with van der Waals surface area (Å²) in [5.74, 6) is -1.05. The van der Waals surface area contributed by atoms with E-state index in [9.17, 15) is 14.7 Å². The Bertz CT molecular complexity index is 723. The number of fused-ring (bicyclic) bond motifs is 2. The fourth-order valence-corrected chi connectivity index (χ4v) is 2.70. The molecule has 1 amide bonds. The molecule has 105 valence electrons. The van der Waals surface area contributed by atoms with Crippen molar-refractivity contribution in [3.63, 3.8) is 0 Å². The fraction of sp³-hybridized carbons (Fsp3) is 0.200. The minimum absolute atomic E-state index is 0.0889. The number of carboxylic acids is 1. The predicted octanol–water partition coefficient (Wildman–Crippen LogP) is 2.43. The van der Waals surface area contributed by atoms with E-state index >= 15 is 0 Å². The molecule has 0 saturated carbocycles. The maximum absolute atomic E-state index is 12.2. The smallest absolute Gasteiger partial charge is 0.352 e. The molecule has 1 aliphatic rings. The first-order chi connectivity index (χ1) is 10.1. The van der Waals surface area contributed by atoms with Crippen LogP contribution < -0.4 is 4.90 Å². The molecule has 0 saturated heterocycles. The highest BCUT2D eigenvalue weighted by molar-refractivity contribution is 6.74. The first-order valence-electron chi connectivity index (χ1n) is 6.72. The molecule has 5 nitrogen and oxygen atoms in total. The average Bonchev–Trinajstić information content (AvgIpc) is 2.80. The molecule has 2 heterocycles. The molecule has 1 aromatic carbocycles. The van der Waals surface area contributed by atoms with Crippen molar-refractivity contribution in [1.82, 2.24) is 4.57 Å². The number of rotatable bonds is 2. The van der Waals surface area contributed by atoms with E-state index in [1.165, 1.54) is 7.28 Å². The van der Waals surface area contributed by atoms with E-state index in [4.69, 9.17) is 0 Å². The number of anilines is 1. The number of aromatic carboxylic acids is 1. The second-order valence-corrected chi connectivity index (χ2v) is 4.94. The minimum atomic E-state index is -0.958. The Morgan fingerprint density at radius 1 is 1.14 bits per heavy atom. The van der Waals surface area contributed by atoms with Crippen molar-refractivity contribution in [1.29, 1.82) is 0 Å². The molecular weight excluding hydrogens is 267 g/mol. The van der Waals surface area contributed by atoms with Crippen LogP contribution in [0.4, 0.5) is 10.5 Å². The number of para-hydroxylation sites is 1. The lowest BCUT2D eigenvalue weighted by atomic mass is 9.80. The molecular formula is C15H14BN2O3. The zero-order valence-electron chi connectivity index (χ0n) is 11.6. The largest absolute Gasteiger partial charge is 0.477 e. The van der Waals surface area contributed by atoms with Gasteiger partial charge in [-0.3, -0.25) is 4.79 Å². The molecule has 3 rings (SSSR count). The topological polar surface area (TPSA) is 62.5 Å². The van der Waals surface area contributed by atoms with Gasteiger partial charge >= 0.3 is 5.97 Å². The van der Waals surface area contributed by atoms with Crippen LogP contribution in [0.25, 0.3) is 0 Å². The van der Waals surface area contributed by atoms with Crippen LogP contribution >= 0.6 is 0 Å². The van der Waals surface area contributed by atoms with E-state index in [1.807, 2.05) is 24.3 Å². The van der Waals surface area contributed by atoms with E-state index in [1.54, 1.807) is 28.4 Å². The molecule has 1 N–H and O–H groups in total. The molecule has 0 fully saturated rings. The van der Waals surface area contributed by atoms with Crippen LogP contribution in [0.15, 0.2) is 36.4 Å². The molecule has 0 unspecified atom stereocenters. The van der Waals surface area contributed by atoms with Crippen LogP contribution in [0.3, 0.4) is 0 Å². The third kappa shape index (κ3) is 2.22. The summed E-state index contributed by atoms with van der Waals surface area (Å²) in [5, 5.41) is 9.28. The van der Waals surface area contributed by atoms with Crippen molar-refractivity contribution in [3.8, 4) is 0 Å². The Kier molecular flexibility index (Phi) is 3.29. The molecule has 1 aliphatic heterocycles. The molecule has 0 aliphatic carbocycles. The van der Waals surface area contributed by atoms with Gasteiger partial charge in [0.1, 0.15) is 5.69 Å². The number of benzene rings is 1. The number of carbonyl (C=O) groups is 2. The van der Waals surface area contributed by atoms with E-state index < -0.39 is 5.97 Å². The third-order valence-electron chi connectivity index (χ3n) is 3.73. The first-order valence-corrected chi connectivity index (χ1v) is 6.72. The van der Waals surface area contributed by atoms with Gasteiger partial charge in [0, 0.05) is 11.4 Å². The summed E-state index contributed by atoms with van der Waals surface area (Å²) in [6.07, 6.45) is 0. The van der Waals surface area contributed by atoms with E-state index in [0.717, 1.165) is 16.9 Å². The normalized spacial score (nSPS) is 13.1. The highest BCUT2D eigenvalue weighted by atomic mass is 16.4. The summed E-state index contributed by atoms with van der Waals surface area (Å²) in [7, 11) is 1.52. The zero-order valence-corrected chi connectivity index (χ0v) is 11.6. The van der Waals surface area contributed by atoms with Crippen molar-refractivity contribution in [2.75, 3.05) is 4.90 Å². The number of hydrogen-bond acceptors (Lipinski definition) is 2. The van der Waals surface area contributed by atoms with Crippen LogP contribution in [-0.4, -0.2) is 28.7 Å². The molecule has 1 aromatic heterocycles. The second-order valence-electron chi connectivity index (χ2n) is 4.94. The van der Waals surface area contributed by atoms with Crippen LogP contribution in [0.2, 0.25) is 6.82 Å². The van der Waals surface area contributed by atoms with Gasteiger partial charge in [-0.2, -0.15) is 0 Å². The molecule has 21 heavy (non-hydrogen) atoms. The Morgan fingerprint density at radius 2 is 1.90 bits per heavy atom. The highest BCUT2D eigenvalue weighted by Crippen LogP contribution is 2.29. The molecule has 0 spiro atoms. The van der Waals surface area contributed by atoms with Crippen molar-refractivity contribution >= 4 is 24.7 Å². The van der Waals surface area contributed by atoms with Gasteiger partial charge in [0.2, 0.25) is 7.28 Å². The van der Waals surface area contributed by atoms with Crippen LogP contribution in [-0.2, 0) is 13.1 Å². The van der Waals surface area contributed by atoms with Gasteiger partial charge in [0.05, 0.1) is 13.1 Å². The van der Waals surface area contributed by atoms with Gasteiger partial charge in [-0.1, -0.05) is 25.0 Å². The SMILES string of the molecule is C[B]C(=O)N1Cc2ccc(C(=O)O)n2Cc2ccccc21. The fourth-order valence-electron chi connectivity index (χ4n) is 2.70. The van der Waals surface area contributed by atoms with Crippen molar-refractivity contribution < 1.29 is 14.7 Å². The molecule has 1 radical (unpaired) electrons. The summed E-state index contributed by atoms with van der Waals surface area (Å²) < 4.78 is 1.75. The lowest BCUT2D eigenvalue weighted by Crippen LogP contribution is -2.32. The van der Waals surface area contributed by atoms with E-state index in [2.05, 4.69) is 0 Å². The first kappa shape index (κ1) is 13.5. The van der Waals surface area contributed by atoms with Crippen molar-refractivity contribution in [3.05, 3.63) is 53.3 Å². The van der Waals surface area contributed by atoms with Crippen molar-refractivity contribution in [2.45, 2.75) is 19.9 Å². The molecule has 2 aromatic rings. The summed E-state index contributed by atoms with van der Waals surface area (Å²) in [6, 6.07) is 10.9. The van der Waals surface area contributed by atoms with Gasteiger partial charge in [0.15, 0.2) is 5.81 Å². The number of amides is 1. The lowest BCUT2D eigenvalue weighted by molar-refractivity contribution is 0.0685. The number of hydrogen-bond donors (Lipinski definition) is 1. The maximum Gasteiger partial charge on any atom is 0.352 e. The Morgan fingerprint density at radius 3 is 2.62 bits per heavy atom. The summed E-state index contributed by atoms with van der Waals surface area (Å²) >= 11 is 0. The number of carboxylic acid groups (broad SMARTS) is 1. The zero-order chi connectivity index (χ0) is 15.0. The summed E-state index contributed by atoms with van der Waals surface area (Å²) in [4.78, 5) is 25.2. The number of aromatic nitrogens is 1. The Labute approximate surface area is 123 Å². The summed E-state index contributed by atoms with van der Waals surface area (Å²) in [6.45, 7) is 2.53. The predicted molar refractivity (Wildman–Crippen MR) is 80.1 cm³/mol. The van der Waals surface area contributed by atoms with Crippen LogP contribution in [0, 0.1) is 0 Å². The third-order valence-corrected chi connectivity index (χ3v) is 3.73.